The number of fused-ring (bicyclic) bond motifs is 3. The summed E-state index contributed by atoms with van der Waals surface area (Å²) >= 11 is 5.91. The molecule has 166 valence electrons. The molecular weight excluding hydrogens is 427 g/mol. The van der Waals surface area contributed by atoms with Gasteiger partial charge in [0.25, 0.3) is 0 Å². The highest BCUT2D eigenvalue weighted by molar-refractivity contribution is 6.30. The largest absolute Gasteiger partial charge is 0.465 e. The van der Waals surface area contributed by atoms with E-state index in [-0.39, 0.29) is 34.8 Å². The molecule has 1 amide bonds. The van der Waals surface area contributed by atoms with Crippen LogP contribution in [0.3, 0.4) is 0 Å². The van der Waals surface area contributed by atoms with Crippen LogP contribution < -0.4 is 9.64 Å². The number of pyridine rings is 1. The van der Waals surface area contributed by atoms with Crippen LogP contribution in [0.5, 0.6) is 6.01 Å². The van der Waals surface area contributed by atoms with Crippen LogP contribution in [-0.4, -0.2) is 87.4 Å². The molecule has 5 heterocycles. The van der Waals surface area contributed by atoms with E-state index in [4.69, 9.17) is 16.3 Å². The van der Waals surface area contributed by atoms with E-state index in [9.17, 15) is 14.3 Å². The SMILES string of the molecule is CN1CCC[C@H]1COc1nc(N2CC3CCC(C2)N3C(=O)O)c2cnc(Cl)c(F)c2n1. The van der Waals surface area contributed by atoms with Gasteiger partial charge in [0.15, 0.2) is 11.0 Å². The first-order valence-corrected chi connectivity index (χ1v) is 10.9. The molecule has 3 atom stereocenters. The Hall–Kier alpha value is -2.46. The molecule has 3 fully saturated rings. The molecule has 3 saturated heterocycles. The normalized spacial score (nSPS) is 26.1. The second kappa shape index (κ2) is 7.90. The average molecular weight is 451 g/mol. The Labute approximate surface area is 183 Å². The molecule has 1 N–H and O–H groups in total. The third kappa shape index (κ3) is 3.61. The molecule has 0 aromatic carbocycles. The lowest BCUT2D eigenvalue weighted by molar-refractivity contribution is 0.114. The van der Waals surface area contributed by atoms with Gasteiger partial charge >= 0.3 is 12.1 Å². The van der Waals surface area contributed by atoms with Crippen LogP contribution in [0, 0.1) is 5.82 Å². The van der Waals surface area contributed by atoms with Crippen molar-refractivity contribution in [2.45, 2.75) is 43.8 Å². The van der Waals surface area contributed by atoms with Crippen LogP contribution >= 0.6 is 11.6 Å². The number of amides is 1. The molecule has 2 unspecified atom stereocenters. The number of piperazine rings is 1. The fourth-order valence-electron chi connectivity index (χ4n) is 5.05. The zero-order valence-corrected chi connectivity index (χ0v) is 17.9. The predicted octanol–water partition coefficient (Wildman–Crippen LogP) is 2.62. The van der Waals surface area contributed by atoms with E-state index in [1.165, 1.54) is 11.1 Å². The fraction of sp³-hybridized carbons (Fsp3) is 0.600. The van der Waals surface area contributed by atoms with Crippen LogP contribution in [-0.2, 0) is 0 Å². The predicted molar refractivity (Wildman–Crippen MR) is 112 cm³/mol. The van der Waals surface area contributed by atoms with Gasteiger partial charge in [-0.1, -0.05) is 11.6 Å². The highest BCUT2D eigenvalue weighted by Gasteiger charge is 2.43. The number of aromatic nitrogens is 3. The Morgan fingerprint density at radius 1 is 1.29 bits per heavy atom. The highest BCUT2D eigenvalue weighted by atomic mass is 35.5. The van der Waals surface area contributed by atoms with Crippen molar-refractivity contribution in [3.05, 3.63) is 17.2 Å². The Morgan fingerprint density at radius 3 is 2.68 bits per heavy atom. The molecule has 2 aromatic rings. The van der Waals surface area contributed by atoms with E-state index in [0.29, 0.717) is 30.9 Å². The van der Waals surface area contributed by atoms with Crippen molar-refractivity contribution in [1.29, 1.82) is 0 Å². The smallest absolute Gasteiger partial charge is 0.407 e. The van der Waals surface area contributed by atoms with Crippen LogP contribution in [0.2, 0.25) is 5.15 Å². The zero-order valence-electron chi connectivity index (χ0n) is 17.2. The monoisotopic (exact) mass is 450 g/mol. The fourth-order valence-corrected chi connectivity index (χ4v) is 5.19. The Bertz CT molecular complexity index is 1010. The lowest BCUT2D eigenvalue weighted by Gasteiger charge is -2.40. The highest BCUT2D eigenvalue weighted by Crippen LogP contribution is 2.36. The van der Waals surface area contributed by atoms with Gasteiger partial charge in [0.2, 0.25) is 0 Å². The van der Waals surface area contributed by atoms with E-state index in [0.717, 1.165) is 32.2 Å². The van der Waals surface area contributed by atoms with Gasteiger partial charge in [0, 0.05) is 25.3 Å². The Morgan fingerprint density at radius 2 is 2.03 bits per heavy atom. The van der Waals surface area contributed by atoms with Crippen molar-refractivity contribution in [2.75, 3.05) is 38.2 Å². The van der Waals surface area contributed by atoms with Crippen LogP contribution in [0.15, 0.2) is 6.20 Å². The van der Waals surface area contributed by atoms with Gasteiger partial charge < -0.3 is 19.6 Å². The summed E-state index contributed by atoms with van der Waals surface area (Å²) in [5.41, 5.74) is 0.0628. The van der Waals surface area contributed by atoms with Gasteiger partial charge in [-0.15, -0.1) is 0 Å². The summed E-state index contributed by atoms with van der Waals surface area (Å²) in [5, 5.41) is 9.72. The summed E-state index contributed by atoms with van der Waals surface area (Å²) in [6.07, 6.45) is 4.31. The summed E-state index contributed by atoms with van der Waals surface area (Å²) in [4.78, 5) is 30.2. The number of ether oxygens (including phenoxy) is 1. The first-order chi connectivity index (χ1) is 14.9. The first-order valence-electron chi connectivity index (χ1n) is 10.5. The van der Waals surface area contributed by atoms with Crippen molar-refractivity contribution in [1.82, 2.24) is 24.8 Å². The number of likely N-dealkylation sites (tertiary alicyclic amines) is 1. The van der Waals surface area contributed by atoms with Gasteiger partial charge in [-0.25, -0.2) is 14.2 Å². The Balaban J connectivity index is 1.49. The molecular formula is C20H24ClFN6O3. The molecule has 11 heteroatoms. The minimum absolute atomic E-state index is 0.0628. The molecule has 0 radical (unpaired) electrons. The number of hydrogen-bond donors (Lipinski definition) is 1. The van der Waals surface area contributed by atoms with Crippen LogP contribution in [0.25, 0.3) is 10.9 Å². The number of likely N-dealkylation sites (N-methyl/N-ethyl adjacent to an activating group) is 1. The maximum absolute atomic E-state index is 14.8. The summed E-state index contributed by atoms with van der Waals surface area (Å²) in [5.74, 6) is -0.206. The first kappa shape index (κ1) is 20.4. The average Bonchev–Trinajstić information content (AvgIpc) is 3.28. The third-order valence-corrected chi connectivity index (χ3v) is 6.94. The number of carboxylic acid groups (broad SMARTS) is 1. The maximum atomic E-state index is 14.8. The molecule has 2 aromatic heterocycles. The van der Waals surface area contributed by atoms with Crippen molar-refractivity contribution < 1.29 is 19.0 Å². The molecule has 0 spiro atoms. The van der Waals surface area contributed by atoms with Gasteiger partial charge in [0.1, 0.15) is 17.9 Å². The number of hydrogen-bond acceptors (Lipinski definition) is 7. The summed E-state index contributed by atoms with van der Waals surface area (Å²) in [6, 6.07) is 0.117. The molecule has 5 rings (SSSR count). The van der Waals surface area contributed by atoms with Gasteiger partial charge in [0.05, 0.1) is 17.5 Å². The van der Waals surface area contributed by atoms with Crippen LogP contribution in [0.1, 0.15) is 25.7 Å². The quantitative estimate of drug-likeness (QED) is 0.710. The zero-order chi connectivity index (χ0) is 21.7. The van der Waals surface area contributed by atoms with Crippen molar-refractivity contribution in [2.24, 2.45) is 0 Å². The number of rotatable bonds is 4. The summed E-state index contributed by atoms with van der Waals surface area (Å²) in [6.45, 7) is 2.39. The summed E-state index contributed by atoms with van der Waals surface area (Å²) in [7, 11) is 2.05. The second-order valence-electron chi connectivity index (χ2n) is 8.52. The van der Waals surface area contributed by atoms with Crippen molar-refractivity contribution in [3.8, 4) is 6.01 Å². The van der Waals surface area contributed by atoms with E-state index in [1.54, 1.807) is 0 Å². The number of carbonyl (C=O) groups is 1. The molecule has 0 aliphatic carbocycles. The van der Waals surface area contributed by atoms with E-state index in [2.05, 4.69) is 26.9 Å². The minimum Gasteiger partial charge on any atom is -0.465 e. The van der Waals surface area contributed by atoms with E-state index < -0.39 is 11.9 Å². The number of nitrogens with zero attached hydrogens (tertiary/aromatic N) is 6. The molecule has 3 aliphatic heterocycles. The van der Waals surface area contributed by atoms with Gasteiger partial charge in [-0.3, -0.25) is 4.90 Å². The van der Waals surface area contributed by atoms with Crippen molar-refractivity contribution >= 4 is 34.4 Å². The van der Waals surface area contributed by atoms with Crippen molar-refractivity contribution in [3.63, 3.8) is 0 Å². The lowest BCUT2D eigenvalue weighted by atomic mass is 10.2. The molecule has 9 nitrogen and oxygen atoms in total. The van der Waals surface area contributed by atoms with Crippen LogP contribution in [0.4, 0.5) is 15.0 Å². The molecule has 31 heavy (non-hydrogen) atoms. The Kier molecular flexibility index (Phi) is 5.21. The number of halogens is 2. The molecule has 3 aliphatic rings. The van der Waals surface area contributed by atoms with E-state index in [1.807, 2.05) is 4.90 Å². The minimum atomic E-state index is -0.899. The third-order valence-electron chi connectivity index (χ3n) is 6.68. The van der Waals surface area contributed by atoms with Gasteiger partial charge in [-0.05, 0) is 39.3 Å². The number of anilines is 1. The van der Waals surface area contributed by atoms with Gasteiger partial charge in [-0.2, -0.15) is 9.97 Å². The second-order valence-corrected chi connectivity index (χ2v) is 8.88. The molecule has 2 bridgehead atoms. The topological polar surface area (TPSA) is 94.9 Å². The standard InChI is InChI=1S/C20H24ClFN6O3/c1-26-6-2-3-13(26)10-31-19-24-16-14(7-23-17(21)15(16)22)18(25-19)27-8-11-4-5-12(9-27)28(11)20(29)30/h7,11-13H,2-6,8-10H2,1H3,(H,29,30)/t11?,12?,13-/m0/s1. The maximum Gasteiger partial charge on any atom is 0.407 e. The van der Waals surface area contributed by atoms with E-state index >= 15 is 0 Å². The molecule has 0 saturated carbocycles. The lowest BCUT2D eigenvalue weighted by Crippen LogP contribution is -2.55. The summed E-state index contributed by atoms with van der Waals surface area (Å²) < 4.78 is 20.7.